The molecule has 1 atom stereocenters. The third kappa shape index (κ3) is 3.61. The quantitative estimate of drug-likeness (QED) is 0.642. The maximum absolute atomic E-state index is 12.7. The number of methoxy groups -OCH3 is 1. The van der Waals surface area contributed by atoms with E-state index in [2.05, 4.69) is 15.2 Å². The lowest BCUT2D eigenvalue weighted by Crippen LogP contribution is -2.31. The Morgan fingerprint density at radius 2 is 1.86 bits per heavy atom. The number of rotatable bonds is 5. The number of hydrogen-bond acceptors (Lipinski definition) is 6. The zero-order valence-corrected chi connectivity index (χ0v) is 16.3. The first kappa shape index (κ1) is 18.5. The number of hydrogen-bond donors (Lipinski definition) is 1. The highest BCUT2D eigenvalue weighted by molar-refractivity contribution is 8.00. The average molecular weight is 415 g/mol. The Morgan fingerprint density at radius 3 is 2.54 bits per heavy atom. The lowest BCUT2D eigenvalue weighted by Gasteiger charge is -2.14. The van der Waals surface area contributed by atoms with Crippen LogP contribution in [0.5, 0.6) is 5.75 Å². The molecule has 3 aromatic rings. The summed E-state index contributed by atoms with van der Waals surface area (Å²) in [5.74, 6) is 0.788. The van der Waals surface area contributed by atoms with Crippen LogP contribution in [-0.2, 0) is 9.59 Å². The van der Waals surface area contributed by atoms with Crippen molar-refractivity contribution in [3.05, 3.63) is 53.6 Å². The molecule has 0 spiro atoms. The van der Waals surface area contributed by atoms with Gasteiger partial charge in [0.15, 0.2) is 5.82 Å². The number of amides is 2. The second-order valence-electron chi connectivity index (χ2n) is 6.05. The Labute approximate surface area is 170 Å². The summed E-state index contributed by atoms with van der Waals surface area (Å²) < 4.78 is 5.14. The van der Waals surface area contributed by atoms with E-state index < -0.39 is 5.25 Å². The number of nitrogens with zero attached hydrogens (tertiary/aromatic N) is 3. The van der Waals surface area contributed by atoms with Gasteiger partial charge in [0.1, 0.15) is 11.0 Å². The van der Waals surface area contributed by atoms with E-state index in [4.69, 9.17) is 16.3 Å². The van der Waals surface area contributed by atoms with Crippen LogP contribution in [0.1, 0.15) is 6.42 Å². The van der Waals surface area contributed by atoms with Crippen LogP contribution in [0.4, 0.5) is 5.69 Å². The number of imide groups is 1. The second kappa shape index (κ2) is 7.65. The Kier molecular flexibility index (Phi) is 5.06. The normalized spacial score (nSPS) is 16.6. The van der Waals surface area contributed by atoms with Crippen LogP contribution in [0.15, 0.2) is 53.7 Å². The Hall–Kier alpha value is -2.84. The van der Waals surface area contributed by atoms with E-state index in [1.165, 1.54) is 16.7 Å². The highest BCUT2D eigenvalue weighted by Gasteiger charge is 2.40. The molecule has 1 aliphatic heterocycles. The molecule has 1 N–H and O–H groups in total. The van der Waals surface area contributed by atoms with Gasteiger partial charge in [0.05, 0.1) is 12.8 Å². The second-order valence-corrected chi connectivity index (χ2v) is 7.66. The molecule has 2 heterocycles. The standard InChI is InChI=1S/C19H15ClN4O3S/c1-27-14-8-2-11(3-9-14)17-21-19(23-22-17)28-15-10-16(25)24(18(15)26)13-6-4-12(20)5-7-13/h2-9,15H,10H2,1H3,(H,21,22,23)/t15-/m0/s1. The van der Waals surface area contributed by atoms with E-state index >= 15 is 0 Å². The van der Waals surface area contributed by atoms with Crippen molar-refractivity contribution >= 4 is 40.9 Å². The molecule has 2 amide bonds. The maximum atomic E-state index is 12.7. The van der Waals surface area contributed by atoms with Gasteiger partial charge in [-0.15, -0.1) is 5.10 Å². The van der Waals surface area contributed by atoms with Gasteiger partial charge < -0.3 is 4.74 Å². The predicted octanol–water partition coefficient (Wildman–Crippen LogP) is 3.56. The zero-order chi connectivity index (χ0) is 19.7. The first-order chi connectivity index (χ1) is 13.5. The largest absolute Gasteiger partial charge is 0.497 e. The van der Waals surface area contributed by atoms with Gasteiger partial charge in [0, 0.05) is 17.0 Å². The number of aromatic nitrogens is 3. The highest BCUT2D eigenvalue weighted by atomic mass is 35.5. The molecule has 0 saturated carbocycles. The van der Waals surface area contributed by atoms with Gasteiger partial charge in [-0.25, -0.2) is 9.88 Å². The fourth-order valence-electron chi connectivity index (χ4n) is 2.86. The first-order valence-corrected chi connectivity index (χ1v) is 9.67. The predicted molar refractivity (Wildman–Crippen MR) is 107 cm³/mol. The van der Waals surface area contributed by atoms with E-state index in [1.54, 1.807) is 31.4 Å². The number of aromatic amines is 1. The number of halogens is 1. The van der Waals surface area contributed by atoms with Crippen LogP contribution in [0.25, 0.3) is 11.4 Å². The van der Waals surface area contributed by atoms with Crippen molar-refractivity contribution in [1.29, 1.82) is 0 Å². The van der Waals surface area contributed by atoms with Gasteiger partial charge in [-0.05, 0) is 48.5 Å². The molecule has 0 radical (unpaired) electrons. The summed E-state index contributed by atoms with van der Waals surface area (Å²) in [7, 11) is 1.60. The molecule has 142 valence electrons. The summed E-state index contributed by atoms with van der Waals surface area (Å²) in [5, 5.41) is 7.41. The number of nitrogens with one attached hydrogen (secondary N) is 1. The van der Waals surface area contributed by atoms with Crippen LogP contribution in [0.3, 0.4) is 0 Å². The fourth-order valence-corrected chi connectivity index (χ4v) is 3.92. The average Bonchev–Trinajstić information content (AvgIpc) is 3.28. The topological polar surface area (TPSA) is 88.2 Å². The number of benzene rings is 2. The molecule has 9 heteroatoms. The molecule has 0 bridgehead atoms. The molecular formula is C19H15ClN4O3S. The maximum Gasteiger partial charge on any atom is 0.247 e. The lowest BCUT2D eigenvalue weighted by atomic mass is 10.2. The van der Waals surface area contributed by atoms with Gasteiger partial charge in [-0.2, -0.15) is 0 Å². The smallest absolute Gasteiger partial charge is 0.247 e. The Morgan fingerprint density at radius 1 is 1.14 bits per heavy atom. The van der Waals surface area contributed by atoms with Crippen molar-refractivity contribution in [1.82, 2.24) is 15.2 Å². The van der Waals surface area contributed by atoms with Crippen LogP contribution in [0, 0.1) is 0 Å². The van der Waals surface area contributed by atoms with Crippen LogP contribution >= 0.6 is 23.4 Å². The summed E-state index contributed by atoms with van der Waals surface area (Å²) in [6, 6.07) is 14.0. The third-order valence-electron chi connectivity index (χ3n) is 4.27. The van der Waals surface area contributed by atoms with Crippen LogP contribution < -0.4 is 9.64 Å². The molecule has 0 unspecified atom stereocenters. The van der Waals surface area contributed by atoms with Crippen molar-refractivity contribution < 1.29 is 14.3 Å². The van der Waals surface area contributed by atoms with E-state index in [0.29, 0.717) is 21.7 Å². The molecule has 0 aliphatic carbocycles. The van der Waals surface area contributed by atoms with E-state index in [1.807, 2.05) is 24.3 Å². The minimum absolute atomic E-state index is 0.0958. The van der Waals surface area contributed by atoms with E-state index in [0.717, 1.165) is 11.3 Å². The highest BCUT2D eigenvalue weighted by Crippen LogP contribution is 2.33. The first-order valence-electron chi connectivity index (χ1n) is 8.41. The molecule has 1 aliphatic rings. The fraction of sp³-hybridized carbons (Fsp3) is 0.158. The molecular weight excluding hydrogens is 400 g/mol. The SMILES string of the molecule is COc1ccc(-c2nc(S[C@H]3CC(=O)N(c4ccc(Cl)cc4)C3=O)n[nH]2)cc1. The lowest BCUT2D eigenvalue weighted by molar-refractivity contribution is -0.121. The van der Waals surface area contributed by atoms with Gasteiger partial charge in [0.2, 0.25) is 17.0 Å². The number of anilines is 1. The number of carbonyl (C=O) groups is 2. The minimum atomic E-state index is -0.567. The molecule has 1 fully saturated rings. The van der Waals surface area contributed by atoms with Gasteiger partial charge in [0.25, 0.3) is 0 Å². The Balaban J connectivity index is 1.49. The van der Waals surface area contributed by atoms with Crippen LogP contribution in [-0.4, -0.2) is 39.4 Å². The van der Waals surface area contributed by atoms with Crippen molar-refractivity contribution in [3.8, 4) is 17.1 Å². The van der Waals surface area contributed by atoms with E-state index in [9.17, 15) is 9.59 Å². The molecule has 7 nitrogen and oxygen atoms in total. The molecule has 2 aromatic carbocycles. The molecule has 1 aromatic heterocycles. The van der Waals surface area contributed by atoms with Crippen molar-refractivity contribution in [2.75, 3.05) is 12.0 Å². The number of thioether (sulfide) groups is 1. The summed E-state index contributed by atoms with van der Waals surface area (Å²) in [6.45, 7) is 0. The summed E-state index contributed by atoms with van der Waals surface area (Å²) in [5.41, 5.74) is 1.35. The molecule has 28 heavy (non-hydrogen) atoms. The number of ether oxygens (including phenoxy) is 1. The zero-order valence-electron chi connectivity index (χ0n) is 14.8. The summed E-state index contributed by atoms with van der Waals surface area (Å²) in [6.07, 6.45) is 0.0958. The monoisotopic (exact) mass is 414 g/mol. The number of H-pyrrole nitrogens is 1. The van der Waals surface area contributed by atoms with Gasteiger partial charge in [-0.1, -0.05) is 23.4 Å². The van der Waals surface area contributed by atoms with Crippen molar-refractivity contribution in [3.63, 3.8) is 0 Å². The van der Waals surface area contributed by atoms with Crippen molar-refractivity contribution in [2.24, 2.45) is 0 Å². The van der Waals surface area contributed by atoms with Gasteiger partial charge in [-0.3, -0.25) is 14.7 Å². The summed E-state index contributed by atoms with van der Waals surface area (Å²) >= 11 is 7.05. The van der Waals surface area contributed by atoms with Gasteiger partial charge >= 0.3 is 0 Å². The number of carbonyl (C=O) groups excluding carboxylic acids is 2. The van der Waals surface area contributed by atoms with E-state index in [-0.39, 0.29) is 18.2 Å². The summed E-state index contributed by atoms with van der Waals surface area (Å²) in [4.78, 5) is 30.7. The molecule has 1 saturated heterocycles. The minimum Gasteiger partial charge on any atom is -0.497 e. The van der Waals surface area contributed by atoms with Crippen LogP contribution in [0.2, 0.25) is 5.02 Å². The van der Waals surface area contributed by atoms with Crippen molar-refractivity contribution in [2.45, 2.75) is 16.8 Å². The third-order valence-corrected chi connectivity index (χ3v) is 5.56. The Bertz CT molecular complexity index is 1020. The molecule has 4 rings (SSSR count).